The van der Waals surface area contributed by atoms with Crippen molar-refractivity contribution in [1.29, 1.82) is 0 Å². The maximum atomic E-state index is 12.8. The lowest BCUT2D eigenvalue weighted by Gasteiger charge is -2.29. The Morgan fingerprint density at radius 2 is 1.04 bits per heavy atom. The number of aliphatic hydroxyl groups is 1. The van der Waals surface area contributed by atoms with Crippen LogP contribution in [0.2, 0.25) is 0 Å². The minimum atomic E-state index is -4.60. The molecule has 0 aliphatic rings. The van der Waals surface area contributed by atoms with Crippen LogP contribution in [0.15, 0.2) is 48.6 Å². The van der Waals surface area contributed by atoms with E-state index in [2.05, 4.69) is 55.6 Å². The standard InChI is InChI=1S/C47H89N2O6P/c1-6-8-10-12-14-16-18-19-20-21-22-23-24-25-26-27-28-29-30-31-32-34-36-38-40-46(50)45(44-55-56(52,53)54-43-42-49(3,4)5)48-47(51)41-39-37-35-33-17-15-13-11-9-7-2/h11,13,27-28,31-32,38,40,45-46,50H,6-10,12,14-26,29-30,33-37,39,41-44H2,1-5H3,(H-,48,51,52,53)/b13-11-,28-27+,32-31+,40-38+. The maximum Gasteiger partial charge on any atom is 0.268 e. The molecule has 0 aliphatic heterocycles. The third-order valence-electron chi connectivity index (χ3n) is 9.97. The van der Waals surface area contributed by atoms with Crippen LogP contribution in [0.3, 0.4) is 0 Å². The second-order valence-corrected chi connectivity index (χ2v) is 18.1. The highest BCUT2D eigenvalue weighted by Crippen LogP contribution is 2.38. The Kier molecular flexibility index (Phi) is 37.9. The Balaban J connectivity index is 4.37. The Bertz CT molecular complexity index is 1050. The van der Waals surface area contributed by atoms with Gasteiger partial charge < -0.3 is 28.8 Å². The molecule has 0 radical (unpaired) electrons. The monoisotopic (exact) mass is 809 g/mol. The van der Waals surface area contributed by atoms with Gasteiger partial charge >= 0.3 is 0 Å². The first-order chi connectivity index (χ1) is 27.0. The van der Waals surface area contributed by atoms with E-state index in [1.165, 1.54) is 103 Å². The van der Waals surface area contributed by atoms with Crippen LogP contribution < -0.4 is 10.2 Å². The molecule has 0 bridgehead atoms. The number of amides is 1. The minimum absolute atomic E-state index is 0.0118. The van der Waals surface area contributed by atoms with Crippen LogP contribution in [0.25, 0.3) is 0 Å². The molecule has 0 aromatic carbocycles. The van der Waals surface area contributed by atoms with E-state index in [9.17, 15) is 19.4 Å². The van der Waals surface area contributed by atoms with Gasteiger partial charge in [0, 0.05) is 6.42 Å². The van der Waals surface area contributed by atoms with Gasteiger partial charge in [-0.1, -0.05) is 172 Å². The van der Waals surface area contributed by atoms with Crippen LogP contribution in [0.1, 0.15) is 194 Å². The number of hydrogen-bond donors (Lipinski definition) is 2. The summed E-state index contributed by atoms with van der Waals surface area (Å²) in [4.78, 5) is 25.2. The highest BCUT2D eigenvalue weighted by Gasteiger charge is 2.23. The van der Waals surface area contributed by atoms with Crippen LogP contribution >= 0.6 is 7.82 Å². The van der Waals surface area contributed by atoms with Crippen molar-refractivity contribution in [3.8, 4) is 0 Å². The summed E-state index contributed by atoms with van der Waals surface area (Å²) in [5.41, 5.74) is 0. The lowest BCUT2D eigenvalue weighted by molar-refractivity contribution is -0.870. The number of carbonyl (C=O) groups is 1. The van der Waals surface area contributed by atoms with Crippen molar-refractivity contribution in [3.63, 3.8) is 0 Å². The Labute approximate surface area is 346 Å². The van der Waals surface area contributed by atoms with Gasteiger partial charge in [-0.15, -0.1) is 0 Å². The SMILES string of the molecule is CCC/C=C\CCCCCCCC(=O)NC(COP(=O)([O-])OCC[N+](C)(C)C)C(O)/C=C/CC/C=C/CC/C=C/CCCCCCCCCCCCCCCC. The fraction of sp³-hybridized carbons (Fsp3) is 0.809. The molecule has 0 fully saturated rings. The Morgan fingerprint density at radius 3 is 1.52 bits per heavy atom. The molecule has 56 heavy (non-hydrogen) atoms. The number of hydrogen-bond acceptors (Lipinski definition) is 6. The zero-order chi connectivity index (χ0) is 41.4. The first-order valence-electron chi connectivity index (χ1n) is 23.0. The number of phosphoric acid groups is 1. The van der Waals surface area contributed by atoms with Crippen molar-refractivity contribution in [3.05, 3.63) is 48.6 Å². The number of rotatable bonds is 41. The summed E-state index contributed by atoms with van der Waals surface area (Å²) in [5.74, 6) is -0.225. The number of carbonyl (C=O) groups excluding carboxylic acids is 1. The van der Waals surface area contributed by atoms with Gasteiger partial charge in [0.15, 0.2) is 0 Å². The molecule has 0 saturated heterocycles. The second kappa shape index (κ2) is 38.9. The van der Waals surface area contributed by atoms with Crippen molar-refractivity contribution >= 4 is 13.7 Å². The average Bonchev–Trinajstić information content (AvgIpc) is 3.15. The molecule has 8 nitrogen and oxygen atoms in total. The van der Waals surface area contributed by atoms with Crippen molar-refractivity contribution < 1.29 is 32.9 Å². The fourth-order valence-corrected chi connectivity index (χ4v) is 7.03. The van der Waals surface area contributed by atoms with Gasteiger partial charge in [-0.05, 0) is 64.2 Å². The number of allylic oxidation sites excluding steroid dienone is 7. The first-order valence-corrected chi connectivity index (χ1v) is 24.5. The number of quaternary nitrogens is 1. The zero-order valence-corrected chi connectivity index (χ0v) is 38.0. The number of aliphatic hydroxyl groups excluding tert-OH is 1. The van der Waals surface area contributed by atoms with Gasteiger partial charge in [-0.25, -0.2) is 0 Å². The molecule has 0 spiro atoms. The number of nitrogens with zero attached hydrogens (tertiary/aromatic N) is 1. The molecule has 3 unspecified atom stereocenters. The highest BCUT2D eigenvalue weighted by molar-refractivity contribution is 7.45. The normalized spacial score (nSPS) is 14.8. The van der Waals surface area contributed by atoms with E-state index in [-0.39, 0.29) is 12.5 Å². The van der Waals surface area contributed by atoms with E-state index < -0.39 is 26.6 Å². The van der Waals surface area contributed by atoms with Crippen molar-refractivity contribution in [2.45, 2.75) is 206 Å². The molecule has 9 heteroatoms. The number of nitrogens with one attached hydrogen (secondary N) is 1. The largest absolute Gasteiger partial charge is 0.756 e. The molecule has 0 aliphatic carbocycles. The molecule has 0 saturated carbocycles. The summed E-state index contributed by atoms with van der Waals surface area (Å²) < 4.78 is 23.1. The summed E-state index contributed by atoms with van der Waals surface area (Å²) in [7, 11) is 1.22. The third-order valence-corrected chi connectivity index (χ3v) is 10.9. The molecule has 3 atom stereocenters. The zero-order valence-electron chi connectivity index (χ0n) is 37.1. The van der Waals surface area contributed by atoms with Gasteiger partial charge in [-0.2, -0.15) is 0 Å². The van der Waals surface area contributed by atoms with E-state index >= 15 is 0 Å². The van der Waals surface area contributed by atoms with Crippen LogP contribution in [-0.2, 0) is 18.4 Å². The van der Waals surface area contributed by atoms with Gasteiger partial charge in [-0.3, -0.25) is 9.36 Å². The average molecular weight is 809 g/mol. The summed E-state index contributed by atoms with van der Waals surface area (Å²) >= 11 is 0. The first kappa shape index (κ1) is 54.5. The van der Waals surface area contributed by atoms with Gasteiger partial charge in [0.2, 0.25) is 5.91 Å². The smallest absolute Gasteiger partial charge is 0.268 e. The summed E-state index contributed by atoms with van der Waals surface area (Å²) in [6.07, 6.45) is 49.0. The Hall–Kier alpha value is -1.54. The van der Waals surface area contributed by atoms with Crippen LogP contribution in [0.4, 0.5) is 0 Å². The van der Waals surface area contributed by atoms with Crippen LogP contribution in [0.5, 0.6) is 0 Å². The van der Waals surface area contributed by atoms with Crippen LogP contribution in [0, 0.1) is 0 Å². The molecule has 1 amide bonds. The fourth-order valence-electron chi connectivity index (χ4n) is 6.30. The van der Waals surface area contributed by atoms with E-state index in [1.54, 1.807) is 6.08 Å². The molecule has 0 aromatic rings. The topological polar surface area (TPSA) is 108 Å². The quantitative estimate of drug-likeness (QED) is 0.0276. The lowest BCUT2D eigenvalue weighted by atomic mass is 10.0. The predicted molar refractivity (Wildman–Crippen MR) is 238 cm³/mol. The number of phosphoric ester groups is 1. The highest BCUT2D eigenvalue weighted by atomic mass is 31.2. The lowest BCUT2D eigenvalue weighted by Crippen LogP contribution is -2.45. The third kappa shape index (κ3) is 40.6. The van der Waals surface area contributed by atoms with Crippen LogP contribution in [-0.4, -0.2) is 68.5 Å². The van der Waals surface area contributed by atoms with E-state index in [0.29, 0.717) is 17.4 Å². The molecule has 328 valence electrons. The second-order valence-electron chi connectivity index (χ2n) is 16.7. The molecule has 0 heterocycles. The van der Waals surface area contributed by atoms with Gasteiger partial charge in [0.25, 0.3) is 7.82 Å². The predicted octanol–water partition coefficient (Wildman–Crippen LogP) is 12.2. The van der Waals surface area contributed by atoms with Crippen molar-refractivity contribution in [1.82, 2.24) is 5.32 Å². The summed E-state index contributed by atoms with van der Waals surface area (Å²) in [6, 6.07) is -0.912. The molecular formula is C47H89N2O6P. The Morgan fingerprint density at radius 1 is 0.607 bits per heavy atom. The van der Waals surface area contributed by atoms with E-state index in [0.717, 1.165) is 70.6 Å². The van der Waals surface area contributed by atoms with Gasteiger partial charge in [0.1, 0.15) is 13.2 Å². The van der Waals surface area contributed by atoms with E-state index in [1.807, 2.05) is 27.2 Å². The molecular weight excluding hydrogens is 719 g/mol. The molecule has 0 aromatic heterocycles. The maximum absolute atomic E-state index is 12.8. The number of likely N-dealkylation sites (N-methyl/N-ethyl adjacent to an activating group) is 1. The minimum Gasteiger partial charge on any atom is -0.756 e. The van der Waals surface area contributed by atoms with E-state index in [4.69, 9.17) is 9.05 Å². The summed E-state index contributed by atoms with van der Waals surface area (Å²) in [5, 5.41) is 13.7. The number of unbranched alkanes of at least 4 members (excludes halogenated alkanes) is 22. The van der Waals surface area contributed by atoms with Gasteiger partial charge in [0.05, 0.1) is 39.9 Å². The summed E-state index contributed by atoms with van der Waals surface area (Å²) in [6.45, 7) is 4.54. The van der Waals surface area contributed by atoms with Crippen molar-refractivity contribution in [2.75, 3.05) is 40.9 Å². The molecule has 0 rings (SSSR count). The molecule has 2 N–H and O–H groups in total. The van der Waals surface area contributed by atoms with Crippen molar-refractivity contribution in [2.24, 2.45) is 0 Å².